The van der Waals surface area contributed by atoms with E-state index in [-0.39, 0.29) is 36.3 Å². The summed E-state index contributed by atoms with van der Waals surface area (Å²) in [4.78, 5) is 4.16. The van der Waals surface area contributed by atoms with Crippen molar-refractivity contribution in [2.75, 3.05) is 34.9 Å². The molecule has 0 amide bonds. The number of guanidine groups is 1. The molecule has 0 aromatic heterocycles. The van der Waals surface area contributed by atoms with Crippen LogP contribution in [-0.2, 0) is 13.0 Å². The summed E-state index contributed by atoms with van der Waals surface area (Å²) in [6.45, 7) is -2.04. The quantitative estimate of drug-likeness (QED) is 0.266. The highest BCUT2D eigenvalue weighted by Gasteiger charge is 2.15. The second-order valence-corrected chi connectivity index (χ2v) is 6.08. The van der Waals surface area contributed by atoms with Gasteiger partial charge in [0, 0.05) is 31.3 Å². The number of hydrogen-bond donors (Lipinski definition) is 2. The molecule has 10 heteroatoms. The standard InChI is InChI=1S/C21H27F2N3O4.HI/c1-24-21(26-13-15-7-5-6-8-16(15)30-20(22)23)25-12-11-14-9-10-17(27-2)19(29-4)18(14)28-3;/h5-10,20H,11-13H2,1-4H3,(H2,24,25,26);1H. The fraction of sp³-hybridized carbons (Fsp3) is 0.381. The fourth-order valence-electron chi connectivity index (χ4n) is 2.94. The van der Waals surface area contributed by atoms with Crippen molar-refractivity contribution in [3.63, 3.8) is 0 Å². The van der Waals surface area contributed by atoms with Gasteiger partial charge in [-0.25, -0.2) is 0 Å². The first-order chi connectivity index (χ1) is 14.5. The highest BCUT2D eigenvalue weighted by Crippen LogP contribution is 2.39. The van der Waals surface area contributed by atoms with Crippen molar-refractivity contribution in [2.24, 2.45) is 4.99 Å². The number of ether oxygens (including phenoxy) is 4. The number of para-hydroxylation sites is 1. The topological polar surface area (TPSA) is 73.3 Å². The summed E-state index contributed by atoms with van der Waals surface area (Å²) in [5.41, 5.74) is 1.54. The van der Waals surface area contributed by atoms with Crippen molar-refractivity contribution < 1.29 is 27.7 Å². The Morgan fingerprint density at radius 3 is 2.23 bits per heavy atom. The van der Waals surface area contributed by atoms with Gasteiger partial charge in [0.15, 0.2) is 17.5 Å². The van der Waals surface area contributed by atoms with Gasteiger partial charge in [0.05, 0.1) is 21.3 Å². The van der Waals surface area contributed by atoms with Crippen molar-refractivity contribution in [3.8, 4) is 23.0 Å². The molecule has 172 valence electrons. The molecule has 0 radical (unpaired) electrons. The van der Waals surface area contributed by atoms with E-state index in [2.05, 4.69) is 20.4 Å². The molecule has 2 aromatic rings. The van der Waals surface area contributed by atoms with Crippen LogP contribution in [0.1, 0.15) is 11.1 Å². The molecule has 7 nitrogen and oxygen atoms in total. The first-order valence-electron chi connectivity index (χ1n) is 9.29. The van der Waals surface area contributed by atoms with E-state index in [0.29, 0.717) is 41.7 Å². The largest absolute Gasteiger partial charge is 0.493 e. The minimum atomic E-state index is -2.87. The van der Waals surface area contributed by atoms with E-state index in [0.717, 1.165) is 5.56 Å². The number of nitrogens with zero attached hydrogens (tertiary/aromatic N) is 1. The number of aliphatic imine (C=N–C) groups is 1. The fourth-order valence-corrected chi connectivity index (χ4v) is 2.94. The molecule has 0 saturated carbocycles. The summed E-state index contributed by atoms with van der Waals surface area (Å²) in [5, 5.41) is 6.28. The second kappa shape index (κ2) is 13.7. The average Bonchev–Trinajstić information content (AvgIpc) is 2.75. The number of methoxy groups -OCH3 is 3. The number of benzene rings is 2. The van der Waals surface area contributed by atoms with E-state index < -0.39 is 6.61 Å². The van der Waals surface area contributed by atoms with Crippen LogP contribution in [0.2, 0.25) is 0 Å². The third-order valence-corrected chi connectivity index (χ3v) is 4.33. The predicted molar refractivity (Wildman–Crippen MR) is 126 cm³/mol. The molecule has 0 aliphatic heterocycles. The van der Waals surface area contributed by atoms with Gasteiger partial charge < -0.3 is 29.6 Å². The lowest BCUT2D eigenvalue weighted by Gasteiger charge is -2.17. The average molecular weight is 551 g/mol. The highest BCUT2D eigenvalue weighted by atomic mass is 127. The molecule has 31 heavy (non-hydrogen) atoms. The van der Waals surface area contributed by atoms with E-state index in [9.17, 15) is 8.78 Å². The summed E-state index contributed by atoms with van der Waals surface area (Å²) in [6, 6.07) is 10.4. The van der Waals surface area contributed by atoms with E-state index >= 15 is 0 Å². The number of rotatable bonds is 10. The van der Waals surface area contributed by atoms with Gasteiger partial charge in [-0.1, -0.05) is 24.3 Å². The maximum atomic E-state index is 12.6. The van der Waals surface area contributed by atoms with E-state index in [1.807, 2.05) is 12.1 Å². The van der Waals surface area contributed by atoms with Gasteiger partial charge in [0.2, 0.25) is 5.75 Å². The zero-order chi connectivity index (χ0) is 21.9. The van der Waals surface area contributed by atoms with Crippen LogP contribution in [-0.4, -0.2) is 47.5 Å². The van der Waals surface area contributed by atoms with Crippen LogP contribution in [0.25, 0.3) is 0 Å². The molecule has 0 fully saturated rings. The van der Waals surface area contributed by atoms with Gasteiger partial charge in [-0.2, -0.15) is 8.78 Å². The molecule has 0 aliphatic carbocycles. The van der Waals surface area contributed by atoms with E-state index in [1.54, 1.807) is 46.6 Å². The lowest BCUT2D eigenvalue weighted by Crippen LogP contribution is -2.38. The lowest BCUT2D eigenvalue weighted by atomic mass is 10.1. The number of hydrogen-bond acceptors (Lipinski definition) is 5. The molecule has 0 spiro atoms. The van der Waals surface area contributed by atoms with Crippen molar-refractivity contribution in [1.29, 1.82) is 0 Å². The van der Waals surface area contributed by atoms with Crippen molar-refractivity contribution in [2.45, 2.75) is 19.6 Å². The molecular formula is C21H28F2IN3O4. The van der Waals surface area contributed by atoms with Gasteiger partial charge in [-0.3, -0.25) is 4.99 Å². The number of alkyl halides is 2. The molecule has 0 heterocycles. The smallest absolute Gasteiger partial charge is 0.387 e. The molecule has 0 aliphatic rings. The lowest BCUT2D eigenvalue weighted by molar-refractivity contribution is -0.0504. The third-order valence-electron chi connectivity index (χ3n) is 4.33. The predicted octanol–water partition coefficient (Wildman–Crippen LogP) is 3.84. The molecule has 0 unspecified atom stereocenters. The van der Waals surface area contributed by atoms with Gasteiger partial charge >= 0.3 is 6.61 Å². The molecule has 2 N–H and O–H groups in total. The normalized spacial score (nSPS) is 10.9. The summed E-state index contributed by atoms with van der Waals surface area (Å²) in [7, 11) is 6.34. The molecule has 0 bridgehead atoms. The zero-order valence-corrected chi connectivity index (χ0v) is 20.2. The summed E-state index contributed by atoms with van der Waals surface area (Å²) in [6.07, 6.45) is 0.634. The monoisotopic (exact) mass is 551 g/mol. The van der Waals surface area contributed by atoms with Crippen LogP contribution in [0.15, 0.2) is 41.4 Å². The van der Waals surface area contributed by atoms with Crippen molar-refractivity contribution >= 4 is 29.9 Å². The Morgan fingerprint density at radius 1 is 0.903 bits per heavy atom. The van der Waals surface area contributed by atoms with Crippen LogP contribution in [0.4, 0.5) is 8.78 Å². The summed E-state index contributed by atoms with van der Waals surface area (Å²) < 4.78 is 45.8. The maximum Gasteiger partial charge on any atom is 0.387 e. The van der Waals surface area contributed by atoms with Crippen molar-refractivity contribution in [1.82, 2.24) is 10.6 Å². The molecule has 0 saturated heterocycles. The van der Waals surface area contributed by atoms with Gasteiger partial charge in [0.25, 0.3) is 0 Å². The third kappa shape index (κ3) is 7.60. The van der Waals surface area contributed by atoms with Crippen LogP contribution in [0.5, 0.6) is 23.0 Å². The molecule has 0 atom stereocenters. The Morgan fingerprint density at radius 2 is 1.61 bits per heavy atom. The Bertz CT molecular complexity index is 853. The molecule has 2 rings (SSSR count). The number of nitrogens with one attached hydrogen (secondary N) is 2. The van der Waals surface area contributed by atoms with E-state index in [4.69, 9.17) is 14.2 Å². The Kier molecular flexibility index (Phi) is 11.8. The summed E-state index contributed by atoms with van der Waals surface area (Å²) in [5.74, 6) is 2.40. The molecule has 2 aromatic carbocycles. The van der Waals surface area contributed by atoms with Crippen LogP contribution >= 0.6 is 24.0 Å². The van der Waals surface area contributed by atoms with Crippen molar-refractivity contribution in [3.05, 3.63) is 47.5 Å². The molecular weight excluding hydrogens is 523 g/mol. The summed E-state index contributed by atoms with van der Waals surface area (Å²) >= 11 is 0. The first kappa shape index (κ1) is 26.5. The second-order valence-electron chi connectivity index (χ2n) is 6.08. The van der Waals surface area contributed by atoms with Gasteiger partial charge in [-0.05, 0) is 18.6 Å². The van der Waals surface area contributed by atoms with E-state index in [1.165, 1.54) is 6.07 Å². The first-order valence-corrected chi connectivity index (χ1v) is 9.29. The van der Waals surface area contributed by atoms with Crippen LogP contribution in [0, 0.1) is 0 Å². The van der Waals surface area contributed by atoms with Gasteiger partial charge in [-0.15, -0.1) is 24.0 Å². The van der Waals surface area contributed by atoms with Crippen LogP contribution < -0.4 is 29.6 Å². The Labute approximate surface area is 198 Å². The zero-order valence-electron chi connectivity index (χ0n) is 17.9. The SMILES string of the molecule is CN=C(NCCc1ccc(OC)c(OC)c1OC)NCc1ccccc1OC(F)F.I. The highest BCUT2D eigenvalue weighted by molar-refractivity contribution is 14.0. The van der Waals surface area contributed by atoms with Crippen LogP contribution in [0.3, 0.4) is 0 Å². The van der Waals surface area contributed by atoms with Gasteiger partial charge in [0.1, 0.15) is 5.75 Å². The Balaban J connectivity index is 0.00000480. The maximum absolute atomic E-state index is 12.6. The minimum absolute atomic E-state index is 0. The Hall–Kier alpha value is -2.50. The number of halogens is 3. The minimum Gasteiger partial charge on any atom is -0.493 e.